The number of rotatable bonds is 8. The van der Waals surface area contributed by atoms with Gasteiger partial charge in [0.15, 0.2) is 0 Å². The molecule has 0 spiro atoms. The first-order chi connectivity index (χ1) is 9.68. The minimum absolute atomic E-state index is 0.0372. The topological polar surface area (TPSA) is 54.4 Å². The van der Waals surface area contributed by atoms with Crippen molar-refractivity contribution in [3.63, 3.8) is 0 Å². The van der Waals surface area contributed by atoms with E-state index in [4.69, 9.17) is 4.55 Å². The lowest BCUT2D eigenvalue weighted by atomic mass is 9.87. The van der Waals surface area contributed by atoms with Crippen LogP contribution in [0.15, 0.2) is 29.2 Å². The molecule has 0 fully saturated rings. The van der Waals surface area contributed by atoms with Crippen LogP contribution in [0.4, 0.5) is 0 Å². The van der Waals surface area contributed by atoms with Crippen molar-refractivity contribution in [1.82, 2.24) is 0 Å². The molecule has 0 saturated heterocycles. The molecular formula is C17H28O3S. The van der Waals surface area contributed by atoms with E-state index in [0.29, 0.717) is 5.92 Å². The summed E-state index contributed by atoms with van der Waals surface area (Å²) in [5.41, 5.74) is 1.12. The third-order valence-electron chi connectivity index (χ3n) is 3.83. The number of aryl methyl sites for hydroxylation is 1. The second kappa shape index (κ2) is 7.95. The highest BCUT2D eigenvalue weighted by atomic mass is 32.2. The van der Waals surface area contributed by atoms with Crippen molar-refractivity contribution in [2.45, 2.75) is 58.3 Å². The van der Waals surface area contributed by atoms with Crippen LogP contribution in [0.1, 0.15) is 52.5 Å². The van der Waals surface area contributed by atoms with Gasteiger partial charge in [-0.25, -0.2) is 0 Å². The van der Waals surface area contributed by atoms with Crippen molar-refractivity contribution >= 4 is 10.1 Å². The Morgan fingerprint density at radius 3 is 2.00 bits per heavy atom. The van der Waals surface area contributed by atoms with E-state index in [1.807, 2.05) is 0 Å². The molecule has 3 nitrogen and oxygen atoms in total. The van der Waals surface area contributed by atoms with Crippen LogP contribution in [0.3, 0.4) is 0 Å². The molecule has 0 aromatic heterocycles. The summed E-state index contributed by atoms with van der Waals surface area (Å²) in [6.45, 7) is 9.12. The van der Waals surface area contributed by atoms with E-state index in [-0.39, 0.29) is 4.90 Å². The molecule has 4 heteroatoms. The van der Waals surface area contributed by atoms with Crippen molar-refractivity contribution < 1.29 is 13.0 Å². The summed E-state index contributed by atoms with van der Waals surface area (Å²) in [5.74, 6) is 2.17. The van der Waals surface area contributed by atoms with Crippen LogP contribution in [-0.2, 0) is 16.5 Å². The predicted octanol–water partition coefficient (Wildman–Crippen LogP) is 4.57. The summed E-state index contributed by atoms with van der Waals surface area (Å²) in [7, 11) is -4.08. The molecule has 1 aromatic carbocycles. The summed E-state index contributed by atoms with van der Waals surface area (Å²) in [6.07, 6.45) is 4.56. The van der Waals surface area contributed by atoms with E-state index in [1.54, 1.807) is 12.1 Å². The summed E-state index contributed by atoms with van der Waals surface area (Å²) in [6, 6.07) is 6.51. The van der Waals surface area contributed by atoms with Gasteiger partial charge in [0, 0.05) is 0 Å². The molecule has 21 heavy (non-hydrogen) atoms. The second-order valence-electron chi connectivity index (χ2n) is 6.73. The molecular weight excluding hydrogens is 284 g/mol. The minimum atomic E-state index is -4.08. The van der Waals surface area contributed by atoms with Crippen molar-refractivity contribution in [3.05, 3.63) is 29.8 Å². The van der Waals surface area contributed by atoms with Crippen LogP contribution in [0, 0.1) is 17.8 Å². The molecule has 2 unspecified atom stereocenters. The molecule has 1 rings (SSSR count). The van der Waals surface area contributed by atoms with Crippen LogP contribution < -0.4 is 0 Å². The van der Waals surface area contributed by atoms with Gasteiger partial charge in [-0.05, 0) is 61.1 Å². The maximum absolute atomic E-state index is 11.0. The van der Waals surface area contributed by atoms with Gasteiger partial charge in [0.2, 0.25) is 0 Å². The molecule has 0 aliphatic heterocycles. The SMILES string of the molecule is CC(C)CC(C)CC(C)CCc1ccc(S(=O)(=O)O)cc1. The van der Waals surface area contributed by atoms with Crippen LogP contribution in [0.25, 0.3) is 0 Å². The lowest BCUT2D eigenvalue weighted by Crippen LogP contribution is -2.07. The maximum Gasteiger partial charge on any atom is 0.294 e. The molecule has 1 aromatic rings. The van der Waals surface area contributed by atoms with Crippen molar-refractivity contribution in [2.24, 2.45) is 17.8 Å². The molecule has 1 N–H and O–H groups in total. The van der Waals surface area contributed by atoms with Crippen LogP contribution in [0.2, 0.25) is 0 Å². The Labute approximate surface area is 129 Å². The Balaban J connectivity index is 2.44. The van der Waals surface area contributed by atoms with Crippen molar-refractivity contribution in [3.8, 4) is 0 Å². The molecule has 2 atom stereocenters. The molecule has 120 valence electrons. The third-order valence-corrected chi connectivity index (χ3v) is 4.69. The largest absolute Gasteiger partial charge is 0.294 e. The normalized spacial score (nSPS) is 15.1. The lowest BCUT2D eigenvalue weighted by Gasteiger charge is -2.18. The molecule has 0 heterocycles. The molecule has 0 radical (unpaired) electrons. The number of benzene rings is 1. The zero-order chi connectivity index (χ0) is 16.0. The predicted molar refractivity (Wildman–Crippen MR) is 87.0 cm³/mol. The van der Waals surface area contributed by atoms with E-state index in [2.05, 4.69) is 27.7 Å². The Hall–Kier alpha value is -0.870. The highest BCUT2D eigenvalue weighted by Crippen LogP contribution is 2.23. The van der Waals surface area contributed by atoms with E-state index in [1.165, 1.54) is 25.0 Å². The standard InChI is InChI=1S/C17H28O3S/c1-13(2)11-15(4)12-14(3)5-6-16-7-9-17(10-8-16)21(18,19)20/h7-10,13-15H,5-6,11-12H2,1-4H3,(H,18,19,20). The van der Waals surface area contributed by atoms with Gasteiger partial charge < -0.3 is 0 Å². The number of hydrogen-bond acceptors (Lipinski definition) is 2. The summed E-state index contributed by atoms with van der Waals surface area (Å²) in [4.78, 5) is -0.0372. The Morgan fingerprint density at radius 2 is 1.52 bits per heavy atom. The number of hydrogen-bond donors (Lipinski definition) is 1. The van der Waals surface area contributed by atoms with Gasteiger partial charge in [-0.2, -0.15) is 8.42 Å². The summed E-state index contributed by atoms with van der Waals surface area (Å²) >= 11 is 0. The molecule has 0 bridgehead atoms. The fraction of sp³-hybridized carbons (Fsp3) is 0.647. The van der Waals surface area contributed by atoms with Crippen molar-refractivity contribution in [2.75, 3.05) is 0 Å². The maximum atomic E-state index is 11.0. The van der Waals surface area contributed by atoms with Gasteiger partial charge in [-0.15, -0.1) is 0 Å². The quantitative estimate of drug-likeness (QED) is 0.715. The van der Waals surface area contributed by atoms with Gasteiger partial charge in [0.25, 0.3) is 10.1 Å². The lowest BCUT2D eigenvalue weighted by molar-refractivity contribution is 0.344. The van der Waals surface area contributed by atoms with Gasteiger partial charge in [-0.3, -0.25) is 4.55 Å². The Kier molecular flexibility index (Phi) is 6.88. The smallest absolute Gasteiger partial charge is 0.282 e. The highest BCUT2D eigenvalue weighted by molar-refractivity contribution is 7.85. The first-order valence-corrected chi connectivity index (χ1v) is 9.19. The van der Waals surface area contributed by atoms with Gasteiger partial charge in [-0.1, -0.05) is 39.8 Å². The molecule has 0 amide bonds. The van der Waals surface area contributed by atoms with Gasteiger partial charge in [0.05, 0.1) is 4.90 Å². The van der Waals surface area contributed by atoms with E-state index >= 15 is 0 Å². The van der Waals surface area contributed by atoms with Crippen LogP contribution in [-0.4, -0.2) is 13.0 Å². The zero-order valence-corrected chi connectivity index (χ0v) is 14.4. The van der Waals surface area contributed by atoms with Crippen LogP contribution >= 0.6 is 0 Å². The van der Waals surface area contributed by atoms with Crippen molar-refractivity contribution in [1.29, 1.82) is 0 Å². The van der Waals surface area contributed by atoms with Crippen LogP contribution in [0.5, 0.6) is 0 Å². The Morgan fingerprint density at radius 1 is 0.952 bits per heavy atom. The van der Waals surface area contributed by atoms with E-state index < -0.39 is 10.1 Å². The average Bonchev–Trinajstić information content (AvgIpc) is 2.34. The van der Waals surface area contributed by atoms with Gasteiger partial charge >= 0.3 is 0 Å². The molecule has 0 aliphatic carbocycles. The second-order valence-corrected chi connectivity index (χ2v) is 8.15. The van der Waals surface area contributed by atoms with E-state index in [0.717, 1.165) is 30.2 Å². The minimum Gasteiger partial charge on any atom is -0.282 e. The molecule has 0 aliphatic rings. The van der Waals surface area contributed by atoms with Gasteiger partial charge in [0.1, 0.15) is 0 Å². The van der Waals surface area contributed by atoms with E-state index in [9.17, 15) is 8.42 Å². The first-order valence-electron chi connectivity index (χ1n) is 7.75. The Bertz CT molecular complexity index is 517. The monoisotopic (exact) mass is 312 g/mol. The highest BCUT2D eigenvalue weighted by Gasteiger charge is 2.12. The third kappa shape index (κ3) is 7.09. The summed E-state index contributed by atoms with van der Waals surface area (Å²) in [5, 5.41) is 0. The zero-order valence-electron chi connectivity index (χ0n) is 13.5. The average molecular weight is 312 g/mol. The summed E-state index contributed by atoms with van der Waals surface area (Å²) < 4.78 is 30.9. The fourth-order valence-electron chi connectivity index (χ4n) is 2.95. The fourth-order valence-corrected chi connectivity index (χ4v) is 3.43. The first kappa shape index (κ1) is 18.2. The molecule has 0 saturated carbocycles.